The maximum atomic E-state index is 12.5. The maximum absolute atomic E-state index is 12.5. The van der Waals surface area contributed by atoms with E-state index in [0.29, 0.717) is 38.4 Å². The van der Waals surface area contributed by atoms with E-state index in [1.165, 1.54) is 0 Å². The second-order valence-electron chi connectivity index (χ2n) is 5.62. The number of esters is 1. The van der Waals surface area contributed by atoms with Gasteiger partial charge in [-0.15, -0.1) is 0 Å². The van der Waals surface area contributed by atoms with E-state index in [0.717, 1.165) is 0 Å². The lowest BCUT2D eigenvalue weighted by atomic mass is 9.95. The molecule has 5 nitrogen and oxygen atoms in total. The van der Waals surface area contributed by atoms with Crippen molar-refractivity contribution in [1.82, 2.24) is 10.3 Å². The van der Waals surface area contributed by atoms with E-state index in [2.05, 4.69) is 10.3 Å². The molecule has 134 valence electrons. The van der Waals surface area contributed by atoms with E-state index in [1.807, 2.05) is 18.2 Å². The highest BCUT2D eigenvalue weighted by Crippen LogP contribution is 2.36. The van der Waals surface area contributed by atoms with E-state index in [4.69, 9.17) is 32.9 Å². The number of nitrogens with zero attached hydrogens (tertiary/aromatic N) is 2. The molecule has 1 aliphatic rings. The van der Waals surface area contributed by atoms with Crippen molar-refractivity contribution in [1.29, 1.82) is 0 Å². The summed E-state index contributed by atoms with van der Waals surface area (Å²) in [5.74, 6) is 0.0448. The van der Waals surface area contributed by atoms with Gasteiger partial charge in [0.05, 0.1) is 17.2 Å². The van der Waals surface area contributed by atoms with Gasteiger partial charge in [0.1, 0.15) is 11.7 Å². The van der Waals surface area contributed by atoms with E-state index in [1.54, 1.807) is 38.2 Å². The van der Waals surface area contributed by atoms with Gasteiger partial charge in [-0.2, -0.15) is 0 Å². The van der Waals surface area contributed by atoms with E-state index >= 15 is 0 Å². The minimum atomic E-state index is -0.614. The Bertz CT molecular complexity index is 909. The second kappa shape index (κ2) is 7.89. The molecule has 26 heavy (non-hydrogen) atoms. The highest BCUT2D eigenvalue weighted by Gasteiger charge is 2.32. The Morgan fingerprint density at radius 3 is 2.62 bits per heavy atom. The topological polar surface area (TPSA) is 63.6 Å². The second-order valence-corrected chi connectivity index (χ2v) is 6.43. The number of halogens is 2. The maximum Gasteiger partial charge on any atom is 0.338 e. The highest BCUT2D eigenvalue weighted by atomic mass is 35.5. The number of carbonyl (C=O) groups is 1. The van der Waals surface area contributed by atoms with Crippen molar-refractivity contribution in [3.8, 4) is 0 Å². The van der Waals surface area contributed by atoms with Crippen LogP contribution in [0.15, 0.2) is 58.9 Å². The summed E-state index contributed by atoms with van der Waals surface area (Å²) >= 11 is 12.6. The van der Waals surface area contributed by atoms with Crippen LogP contribution >= 0.6 is 23.2 Å². The smallest absolute Gasteiger partial charge is 0.338 e. The molecule has 0 bridgehead atoms. The molecular weight excluding hydrogens is 373 g/mol. The van der Waals surface area contributed by atoms with Crippen LogP contribution in [0.2, 0.25) is 10.0 Å². The summed E-state index contributed by atoms with van der Waals surface area (Å²) in [4.78, 5) is 21.5. The lowest BCUT2D eigenvalue weighted by Gasteiger charge is -2.26. The Balaban J connectivity index is 2.14. The number of aliphatic imine (C=N–C) groups is 1. The van der Waals surface area contributed by atoms with Crippen molar-refractivity contribution < 1.29 is 9.53 Å². The zero-order valence-corrected chi connectivity index (χ0v) is 15.8. The van der Waals surface area contributed by atoms with Crippen LogP contribution in [-0.4, -0.2) is 23.4 Å². The van der Waals surface area contributed by atoms with Crippen molar-refractivity contribution >= 4 is 35.0 Å². The Morgan fingerprint density at radius 2 is 1.92 bits per heavy atom. The van der Waals surface area contributed by atoms with Crippen LogP contribution in [0.25, 0.3) is 0 Å². The fraction of sp³-hybridized carbons (Fsp3) is 0.211. The fourth-order valence-corrected chi connectivity index (χ4v) is 3.20. The van der Waals surface area contributed by atoms with Gasteiger partial charge in [-0.1, -0.05) is 41.4 Å². The van der Waals surface area contributed by atoms with E-state index in [-0.39, 0.29) is 6.61 Å². The van der Waals surface area contributed by atoms with Gasteiger partial charge in [0.2, 0.25) is 0 Å². The number of allylic oxidation sites excluding steroid dienone is 1. The minimum absolute atomic E-state index is 0.271. The van der Waals surface area contributed by atoms with Crippen molar-refractivity contribution in [3.63, 3.8) is 0 Å². The Labute approximate surface area is 161 Å². The van der Waals surface area contributed by atoms with Gasteiger partial charge in [0, 0.05) is 22.5 Å². The molecule has 0 spiro atoms. The first kappa shape index (κ1) is 18.4. The molecule has 0 amide bonds. The summed E-state index contributed by atoms with van der Waals surface area (Å²) in [5, 5.41) is 4.10. The van der Waals surface area contributed by atoms with Crippen LogP contribution in [0, 0.1) is 0 Å². The highest BCUT2D eigenvalue weighted by molar-refractivity contribution is 6.34. The zero-order chi connectivity index (χ0) is 18.7. The summed E-state index contributed by atoms with van der Waals surface area (Å²) in [6, 6.07) is 10.1. The first-order valence-corrected chi connectivity index (χ1v) is 8.86. The lowest BCUT2D eigenvalue weighted by Crippen LogP contribution is -2.33. The molecule has 2 heterocycles. The zero-order valence-electron chi connectivity index (χ0n) is 14.3. The molecule has 0 saturated carbocycles. The average molecular weight is 390 g/mol. The van der Waals surface area contributed by atoms with Crippen LogP contribution < -0.4 is 5.32 Å². The molecule has 0 fully saturated rings. The van der Waals surface area contributed by atoms with Crippen LogP contribution in [-0.2, 0) is 9.53 Å². The molecule has 1 aliphatic heterocycles. The summed E-state index contributed by atoms with van der Waals surface area (Å²) < 4.78 is 5.22. The van der Waals surface area contributed by atoms with Crippen LogP contribution in [0.5, 0.6) is 0 Å². The van der Waals surface area contributed by atoms with Crippen LogP contribution in [0.1, 0.15) is 31.1 Å². The predicted molar refractivity (Wildman–Crippen MR) is 102 cm³/mol. The van der Waals surface area contributed by atoms with Gasteiger partial charge in [0.15, 0.2) is 5.84 Å². The van der Waals surface area contributed by atoms with Crippen LogP contribution in [0.4, 0.5) is 0 Å². The molecule has 2 aromatic rings. The number of pyridine rings is 1. The predicted octanol–water partition coefficient (Wildman–Crippen LogP) is 4.32. The molecule has 0 radical (unpaired) electrons. The summed E-state index contributed by atoms with van der Waals surface area (Å²) in [5.41, 5.74) is 2.26. The first-order chi connectivity index (χ1) is 12.5. The molecule has 1 aromatic carbocycles. The molecule has 1 aromatic heterocycles. The molecule has 3 rings (SSSR count). The monoisotopic (exact) mass is 389 g/mol. The number of hydrogen-bond donors (Lipinski definition) is 1. The average Bonchev–Trinajstić information content (AvgIpc) is 2.62. The first-order valence-electron chi connectivity index (χ1n) is 8.11. The van der Waals surface area contributed by atoms with Gasteiger partial charge in [-0.25, -0.2) is 4.79 Å². The van der Waals surface area contributed by atoms with Gasteiger partial charge in [-0.3, -0.25) is 9.98 Å². The van der Waals surface area contributed by atoms with Crippen LogP contribution in [0.3, 0.4) is 0 Å². The molecule has 1 atom stereocenters. The quantitative estimate of drug-likeness (QED) is 0.790. The SMILES string of the molecule is CCOC(=O)C1=C(C)NC(c2ncccc2Cl)=NC1c1ccccc1Cl. The third-order valence-corrected chi connectivity index (χ3v) is 4.57. The number of benzene rings is 1. The summed E-state index contributed by atoms with van der Waals surface area (Å²) in [6.07, 6.45) is 1.63. The van der Waals surface area contributed by atoms with Crippen molar-refractivity contribution in [2.75, 3.05) is 6.61 Å². The van der Waals surface area contributed by atoms with E-state index < -0.39 is 12.0 Å². The van der Waals surface area contributed by atoms with Gasteiger partial charge >= 0.3 is 5.97 Å². The van der Waals surface area contributed by atoms with Gasteiger partial charge in [0.25, 0.3) is 0 Å². The largest absolute Gasteiger partial charge is 0.463 e. The molecule has 0 saturated heterocycles. The number of amidine groups is 1. The number of rotatable bonds is 4. The summed E-state index contributed by atoms with van der Waals surface area (Å²) in [6.45, 7) is 3.83. The minimum Gasteiger partial charge on any atom is -0.463 e. The van der Waals surface area contributed by atoms with E-state index in [9.17, 15) is 4.79 Å². The van der Waals surface area contributed by atoms with Gasteiger partial charge in [-0.05, 0) is 32.0 Å². The lowest BCUT2D eigenvalue weighted by molar-refractivity contribution is -0.138. The Kier molecular flexibility index (Phi) is 5.59. The number of carbonyl (C=O) groups excluding carboxylic acids is 1. The number of ether oxygens (including phenoxy) is 1. The number of nitrogens with one attached hydrogen (secondary N) is 1. The Morgan fingerprint density at radius 1 is 1.19 bits per heavy atom. The fourth-order valence-electron chi connectivity index (χ4n) is 2.75. The molecule has 1 unspecified atom stereocenters. The van der Waals surface area contributed by atoms with Crippen molar-refractivity contribution in [3.05, 3.63) is 75.2 Å². The number of hydrogen-bond acceptors (Lipinski definition) is 5. The molecule has 7 heteroatoms. The summed E-state index contributed by atoms with van der Waals surface area (Å²) in [7, 11) is 0. The Hall–Kier alpha value is -2.37. The number of aromatic nitrogens is 1. The molecule has 1 N–H and O–H groups in total. The standard InChI is InChI=1S/C19H17Cl2N3O2/c1-3-26-19(25)15-11(2)23-18(17-14(21)9-6-10-22-17)24-16(15)12-7-4-5-8-13(12)20/h4-10,16H,3H2,1-2H3,(H,23,24). The third-order valence-electron chi connectivity index (χ3n) is 3.92. The molecular formula is C19H17Cl2N3O2. The molecule has 0 aliphatic carbocycles. The van der Waals surface area contributed by atoms with Crippen molar-refractivity contribution in [2.24, 2.45) is 4.99 Å². The van der Waals surface area contributed by atoms with Gasteiger partial charge < -0.3 is 10.1 Å². The normalized spacial score (nSPS) is 16.8. The third kappa shape index (κ3) is 3.59. The van der Waals surface area contributed by atoms with Crippen molar-refractivity contribution in [2.45, 2.75) is 19.9 Å².